The van der Waals surface area contributed by atoms with Gasteiger partial charge in [0.2, 0.25) is 0 Å². The van der Waals surface area contributed by atoms with E-state index in [1.54, 1.807) is 0 Å². The van der Waals surface area contributed by atoms with Gasteiger partial charge in [0.05, 0.1) is 0 Å². The molecule has 0 aromatic carbocycles. The van der Waals surface area contributed by atoms with Gasteiger partial charge in [0.15, 0.2) is 0 Å². The zero-order valence-corrected chi connectivity index (χ0v) is 11.7. The van der Waals surface area contributed by atoms with Crippen molar-refractivity contribution >= 4 is 0 Å². The third-order valence-electron chi connectivity index (χ3n) is 3.19. The van der Waals surface area contributed by atoms with Gasteiger partial charge in [-0.25, -0.2) is 0 Å². The van der Waals surface area contributed by atoms with Gasteiger partial charge in [-0.15, -0.1) is 6.42 Å². The monoisotopic (exact) mass is 234 g/mol. The van der Waals surface area contributed by atoms with Crippen LogP contribution in [0.15, 0.2) is 12.2 Å². The smallest absolute Gasteiger partial charge is 0.0162 e. The molecule has 0 N–H and O–H groups in total. The highest BCUT2D eigenvalue weighted by atomic mass is 14.0. The highest BCUT2D eigenvalue weighted by Gasteiger charge is 1.92. The Morgan fingerprint density at radius 3 is 1.71 bits per heavy atom. The number of rotatable bonds is 12. The minimum Gasteiger partial charge on any atom is -0.115 e. The molecule has 0 aromatic heterocycles. The van der Waals surface area contributed by atoms with Crippen LogP contribution in [0.3, 0.4) is 0 Å². The number of terminal acetylenes is 1. The van der Waals surface area contributed by atoms with Crippen molar-refractivity contribution in [1.29, 1.82) is 0 Å². The fourth-order valence-corrected chi connectivity index (χ4v) is 2.08. The van der Waals surface area contributed by atoms with Crippen LogP contribution >= 0.6 is 0 Å². The van der Waals surface area contributed by atoms with Crippen LogP contribution in [0.2, 0.25) is 0 Å². The van der Waals surface area contributed by atoms with Gasteiger partial charge in [0.1, 0.15) is 0 Å². The van der Waals surface area contributed by atoms with E-state index in [2.05, 4.69) is 18.9 Å². The summed E-state index contributed by atoms with van der Waals surface area (Å²) < 4.78 is 0. The molecule has 0 unspecified atom stereocenters. The lowest BCUT2D eigenvalue weighted by Crippen LogP contribution is -1.81. The normalized spacial score (nSPS) is 10.8. The fraction of sp³-hybridized carbons (Fsp3) is 0.765. The Kier molecular flexibility index (Phi) is 14.7. The van der Waals surface area contributed by atoms with Crippen molar-refractivity contribution in [3.63, 3.8) is 0 Å². The topological polar surface area (TPSA) is 0 Å². The summed E-state index contributed by atoms with van der Waals surface area (Å²) in [7, 11) is 0. The molecule has 0 rings (SSSR count). The molecule has 0 aromatic rings. The molecule has 0 amide bonds. The molecule has 0 radical (unpaired) electrons. The number of hydrogen-bond donors (Lipinski definition) is 0. The van der Waals surface area contributed by atoms with Crippen molar-refractivity contribution in [2.75, 3.05) is 0 Å². The Morgan fingerprint density at radius 2 is 1.24 bits per heavy atom. The van der Waals surface area contributed by atoms with E-state index in [0.717, 1.165) is 6.42 Å². The van der Waals surface area contributed by atoms with Crippen LogP contribution in [0.4, 0.5) is 0 Å². The molecule has 0 aliphatic carbocycles. The van der Waals surface area contributed by atoms with Gasteiger partial charge < -0.3 is 0 Å². The largest absolute Gasteiger partial charge is 0.115 e. The van der Waals surface area contributed by atoms with Gasteiger partial charge in [-0.2, -0.15) is 0 Å². The maximum Gasteiger partial charge on any atom is -0.0162 e. The summed E-state index contributed by atoms with van der Waals surface area (Å²) in [5.41, 5.74) is 0. The predicted molar refractivity (Wildman–Crippen MR) is 79.1 cm³/mol. The maximum absolute atomic E-state index is 5.13. The van der Waals surface area contributed by atoms with Gasteiger partial charge in [-0.3, -0.25) is 0 Å². The summed E-state index contributed by atoms with van der Waals surface area (Å²) >= 11 is 0. The van der Waals surface area contributed by atoms with Crippen molar-refractivity contribution in [1.82, 2.24) is 0 Å². The summed E-state index contributed by atoms with van der Waals surface area (Å²) in [5, 5.41) is 0. The van der Waals surface area contributed by atoms with Crippen LogP contribution in [-0.4, -0.2) is 0 Å². The van der Waals surface area contributed by atoms with Crippen molar-refractivity contribution < 1.29 is 0 Å². The Balaban J connectivity index is 2.94. The standard InChI is InChI=1S/C17H30/c1-3-5-7-9-11-13-15-17-16-14-12-10-8-6-4-2/h1,5,7H,4,6,8-17H2,2H3. The van der Waals surface area contributed by atoms with Crippen LogP contribution in [0.1, 0.15) is 84.0 Å². The lowest BCUT2D eigenvalue weighted by molar-refractivity contribution is 0.550. The third-order valence-corrected chi connectivity index (χ3v) is 3.19. The summed E-state index contributed by atoms with van der Waals surface area (Å²) in [6, 6.07) is 0. The SMILES string of the molecule is C#CC=CCCCCCCCCCCCCC. The Hall–Kier alpha value is -0.700. The molecular formula is C17H30. The second-order valence-electron chi connectivity index (χ2n) is 4.89. The quantitative estimate of drug-likeness (QED) is 0.292. The summed E-state index contributed by atoms with van der Waals surface area (Å²) in [6.45, 7) is 2.28. The number of allylic oxidation sites excluding steroid dienone is 2. The Morgan fingerprint density at radius 1 is 0.765 bits per heavy atom. The van der Waals surface area contributed by atoms with Gasteiger partial charge >= 0.3 is 0 Å². The zero-order valence-electron chi connectivity index (χ0n) is 11.7. The molecule has 0 nitrogen and oxygen atoms in total. The first-order valence-corrected chi connectivity index (χ1v) is 7.53. The first-order valence-electron chi connectivity index (χ1n) is 7.53. The maximum atomic E-state index is 5.13. The highest BCUT2D eigenvalue weighted by Crippen LogP contribution is 2.11. The Labute approximate surface area is 109 Å². The minimum atomic E-state index is 1.15. The molecule has 0 fully saturated rings. The summed E-state index contributed by atoms with van der Waals surface area (Å²) in [5.74, 6) is 2.53. The van der Waals surface area contributed by atoms with Crippen molar-refractivity contribution in [3.8, 4) is 12.3 Å². The highest BCUT2D eigenvalue weighted by molar-refractivity contribution is 5.08. The number of unbranched alkanes of at least 4 members (excludes halogenated alkanes) is 11. The molecule has 0 saturated carbocycles. The van der Waals surface area contributed by atoms with Gasteiger partial charge in [-0.1, -0.05) is 83.1 Å². The van der Waals surface area contributed by atoms with E-state index >= 15 is 0 Å². The molecule has 98 valence electrons. The molecule has 0 spiro atoms. The average molecular weight is 234 g/mol. The molecule has 0 bridgehead atoms. The van der Waals surface area contributed by atoms with E-state index in [1.165, 1.54) is 70.6 Å². The molecule has 0 aliphatic heterocycles. The van der Waals surface area contributed by atoms with E-state index < -0.39 is 0 Å². The van der Waals surface area contributed by atoms with Crippen LogP contribution in [0, 0.1) is 12.3 Å². The minimum absolute atomic E-state index is 1.15. The Bertz CT molecular complexity index is 195. The number of hydrogen-bond acceptors (Lipinski definition) is 0. The lowest BCUT2D eigenvalue weighted by atomic mass is 10.1. The first-order chi connectivity index (χ1) is 8.41. The van der Waals surface area contributed by atoms with Gasteiger partial charge in [-0.05, 0) is 18.9 Å². The molecule has 0 atom stereocenters. The predicted octanol–water partition coefficient (Wildman–Crippen LogP) is 5.88. The molecule has 0 heterocycles. The van der Waals surface area contributed by atoms with Crippen LogP contribution in [-0.2, 0) is 0 Å². The molecule has 0 aliphatic rings. The average Bonchev–Trinajstić information content (AvgIpc) is 2.35. The third kappa shape index (κ3) is 15.3. The zero-order chi connectivity index (χ0) is 12.6. The van der Waals surface area contributed by atoms with E-state index in [4.69, 9.17) is 6.42 Å². The molecular weight excluding hydrogens is 204 g/mol. The second kappa shape index (κ2) is 15.3. The second-order valence-corrected chi connectivity index (χ2v) is 4.89. The van der Waals surface area contributed by atoms with Crippen LogP contribution < -0.4 is 0 Å². The van der Waals surface area contributed by atoms with E-state index in [0.29, 0.717) is 0 Å². The van der Waals surface area contributed by atoms with Crippen LogP contribution in [0.5, 0.6) is 0 Å². The van der Waals surface area contributed by atoms with Gasteiger partial charge in [0.25, 0.3) is 0 Å². The van der Waals surface area contributed by atoms with E-state index in [-0.39, 0.29) is 0 Å². The molecule has 0 heteroatoms. The van der Waals surface area contributed by atoms with Crippen molar-refractivity contribution in [2.45, 2.75) is 84.0 Å². The van der Waals surface area contributed by atoms with Crippen LogP contribution in [0.25, 0.3) is 0 Å². The van der Waals surface area contributed by atoms with E-state index in [1.807, 2.05) is 6.08 Å². The lowest BCUT2D eigenvalue weighted by Gasteiger charge is -2.01. The summed E-state index contributed by atoms with van der Waals surface area (Å²) in [6.07, 6.45) is 25.7. The van der Waals surface area contributed by atoms with E-state index in [9.17, 15) is 0 Å². The van der Waals surface area contributed by atoms with Crippen molar-refractivity contribution in [3.05, 3.63) is 12.2 Å². The van der Waals surface area contributed by atoms with Gasteiger partial charge in [0, 0.05) is 0 Å². The summed E-state index contributed by atoms with van der Waals surface area (Å²) in [4.78, 5) is 0. The molecule has 17 heavy (non-hydrogen) atoms. The van der Waals surface area contributed by atoms with Crippen molar-refractivity contribution in [2.24, 2.45) is 0 Å². The fourth-order valence-electron chi connectivity index (χ4n) is 2.08. The molecule has 0 saturated heterocycles. The first kappa shape index (κ1) is 16.3.